The van der Waals surface area contributed by atoms with Crippen LogP contribution in [0, 0.1) is 0 Å². The van der Waals surface area contributed by atoms with E-state index in [9.17, 15) is 13.2 Å². The van der Waals surface area contributed by atoms with Crippen molar-refractivity contribution in [3.8, 4) is 0 Å². The van der Waals surface area contributed by atoms with Crippen molar-refractivity contribution in [2.45, 2.75) is 6.42 Å². The molecule has 2 aromatic rings. The van der Waals surface area contributed by atoms with E-state index in [1.807, 2.05) is 18.2 Å². The number of hydrogen-bond acceptors (Lipinski definition) is 6. The fraction of sp³-hybridized carbons (Fsp3) is 0.389. The van der Waals surface area contributed by atoms with Gasteiger partial charge in [0.05, 0.1) is 11.3 Å². The Kier molecular flexibility index (Phi) is 6.36. The summed E-state index contributed by atoms with van der Waals surface area (Å²) in [5.74, 6) is 0.640. The van der Waals surface area contributed by atoms with Crippen molar-refractivity contribution >= 4 is 21.7 Å². The van der Waals surface area contributed by atoms with Gasteiger partial charge in [-0.3, -0.25) is 9.78 Å². The van der Waals surface area contributed by atoms with Crippen LogP contribution in [0.1, 0.15) is 16.8 Å². The van der Waals surface area contributed by atoms with Gasteiger partial charge in [-0.15, -0.1) is 0 Å². The van der Waals surface area contributed by atoms with Crippen LogP contribution in [0.2, 0.25) is 0 Å². The molecule has 0 radical (unpaired) electrons. The number of hydrogen-bond donors (Lipinski definition) is 1. The van der Waals surface area contributed by atoms with Gasteiger partial charge in [0.2, 0.25) is 10.0 Å². The number of carbonyl (C=O) groups is 1. The first kappa shape index (κ1) is 19.2. The molecule has 0 atom stereocenters. The molecular weight excluding hydrogens is 366 g/mol. The molecule has 0 saturated carbocycles. The predicted octanol–water partition coefficient (Wildman–Crippen LogP) is 0.749. The number of carbonyl (C=O) groups excluding carboxylic acids is 1. The third kappa shape index (κ3) is 5.24. The van der Waals surface area contributed by atoms with Crippen LogP contribution in [0.3, 0.4) is 0 Å². The Balaban J connectivity index is 1.42. The molecule has 1 N–H and O–H groups in total. The van der Waals surface area contributed by atoms with E-state index in [2.05, 4.69) is 20.2 Å². The van der Waals surface area contributed by atoms with Crippen molar-refractivity contribution in [1.82, 2.24) is 19.6 Å². The quantitative estimate of drug-likeness (QED) is 0.702. The Labute approximate surface area is 159 Å². The Morgan fingerprint density at radius 1 is 1.07 bits per heavy atom. The summed E-state index contributed by atoms with van der Waals surface area (Å²) in [6.45, 7) is 2.44. The number of sulfonamides is 1. The van der Waals surface area contributed by atoms with Crippen LogP contribution in [-0.2, 0) is 10.0 Å². The minimum Gasteiger partial charge on any atom is -0.354 e. The number of nitrogens with one attached hydrogen (secondary N) is 1. The maximum atomic E-state index is 12.5. The summed E-state index contributed by atoms with van der Waals surface area (Å²) < 4.78 is 26.5. The third-order valence-corrected chi connectivity index (χ3v) is 6.35. The molecule has 9 heteroatoms. The first-order valence-corrected chi connectivity index (χ1v) is 10.5. The zero-order chi connectivity index (χ0) is 19.1. The molecule has 0 aliphatic carbocycles. The van der Waals surface area contributed by atoms with Crippen molar-refractivity contribution in [2.75, 3.05) is 43.4 Å². The molecular formula is C18H23N5O3S. The number of rotatable bonds is 7. The molecule has 144 valence electrons. The maximum absolute atomic E-state index is 12.5. The summed E-state index contributed by atoms with van der Waals surface area (Å²) in [5.41, 5.74) is 0.464. The topological polar surface area (TPSA) is 95.5 Å². The highest BCUT2D eigenvalue weighted by Gasteiger charge is 2.26. The second-order valence-corrected chi connectivity index (χ2v) is 8.33. The molecule has 1 amide bonds. The van der Waals surface area contributed by atoms with Gasteiger partial charge >= 0.3 is 0 Å². The van der Waals surface area contributed by atoms with Crippen LogP contribution in [0.4, 0.5) is 5.82 Å². The fourth-order valence-electron chi connectivity index (χ4n) is 2.92. The van der Waals surface area contributed by atoms with E-state index in [4.69, 9.17) is 0 Å². The molecule has 0 spiro atoms. The highest BCUT2D eigenvalue weighted by molar-refractivity contribution is 7.89. The minimum absolute atomic E-state index is 0.0178. The number of piperazine rings is 1. The summed E-state index contributed by atoms with van der Waals surface area (Å²) in [6, 6.07) is 9.06. The average Bonchev–Trinajstić information content (AvgIpc) is 2.72. The highest BCUT2D eigenvalue weighted by atomic mass is 32.2. The molecule has 1 fully saturated rings. The largest absolute Gasteiger partial charge is 0.354 e. The van der Waals surface area contributed by atoms with Gasteiger partial charge in [0.15, 0.2) is 0 Å². The van der Waals surface area contributed by atoms with E-state index in [1.54, 1.807) is 24.5 Å². The molecule has 3 heterocycles. The summed E-state index contributed by atoms with van der Waals surface area (Å²) in [7, 11) is -3.33. The van der Waals surface area contributed by atoms with Gasteiger partial charge in [-0.25, -0.2) is 13.4 Å². The first-order valence-electron chi connectivity index (χ1n) is 8.88. The van der Waals surface area contributed by atoms with Crippen molar-refractivity contribution in [2.24, 2.45) is 0 Å². The van der Waals surface area contributed by atoms with Crippen molar-refractivity contribution in [1.29, 1.82) is 0 Å². The normalized spacial score (nSPS) is 15.5. The van der Waals surface area contributed by atoms with Crippen molar-refractivity contribution in [3.05, 3.63) is 54.5 Å². The molecule has 1 aliphatic rings. The lowest BCUT2D eigenvalue weighted by molar-refractivity contribution is 0.0953. The van der Waals surface area contributed by atoms with Gasteiger partial charge in [-0.2, -0.15) is 4.31 Å². The second-order valence-electron chi connectivity index (χ2n) is 6.24. The van der Waals surface area contributed by atoms with E-state index in [0.29, 0.717) is 44.7 Å². The lowest BCUT2D eigenvalue weighted by Gasteiger charge is -2.34. The van der Waals surface area contributed by atoms with Gasteiger partial charge in [0.1, 0.15) is 5.82 Å². The Hall–Kier alpha value is -2.52. The molecule has 27 heavy (non-hydrogen) atoms. The zero-order valence-corrected chi connectivity index (χ0v) is 15.8. The number of pyridine rings is 2. The van der Waals surface area contributed by atoms with Gasteiger partial charge in [0.25, 0.3) is 5.91 Å². The SMILES string of the molecule is O=C(NCCCS(=O)(=O)N1CCN(c2ccccn2)CC1)c1cccnc1. The van der Waals surface area contributed by atoms with Crippen LogP contribution >= 0.6 is 0 Å². The highest BCUT2D eigenvalue weighted by Crippen LogP contribution is 2.15. The second kappa shape index (κ2) is 8.92. The Morgan fingerprint density at radius 3 is 2.56 bits per heavy atom. The monoisotopic (exact) mass is 389 g/mol. The number of aromatic nitrogens is 2. The van der Waals surface area contributed by atoms with Gasteiger partial charge in [0, 0.05) is 51.3 Å². The van der Waals surface area contributed by atoms with E-state index in [1.165, 1.54) is 10.5 Å². The van der Waals surface area contributed by atoms with Gasteiger partial charge in [-0.1, -0.05) is 6.07 Å². The summed E-state index contributed by atoms with van der Waals surface area (Å²) in [4.78, 5) is 22.2. The molecule has 1 saturated heterocycles. The van der Waals surface area contributed by atoms with Gasteiger partial charge in [-0.05, 0) is 30.7 Å². The number of nitrogens with zero attached hydrogens (tertiary/aromatic N) is 4. The van der Waals surface area contributed by atoms with Crippen LogP contribution in [-0.4, -0.2) is 67.1 Å². The molecule has 3 rings (SSSR count). The van der Waals surface area contributed by atoms with E-state index >= 15 is 0 Å². The molecule has 1 aliphatic heterocycles. The standard InChI is InChI=1S/C18H23N5O3S/c24-18(16-5-3-7-19-15-16)21-9-4-14-27(25,26)23-12-10-22(11-13-23)17-6-1-2-8-20-17/h1-3,5-8,15H,4,9-14H2,(H,21,24). The van der Waals surface area contributed by atoms with Crippen LogP contribution in [0.15, 0.2) is 48.9 Å². The Morgan fingerprint density at radius 2 is 1.89 bits per heavy atom. The van der Waals surface area contributed by atoms with Crippen molar-refractivity contribution < 1.29 is 13.2 Å². The number of anilines is 1. The Bertz CT molecular complexity index is 838. The van der Waals surface area contributed by atoms with Crippen LogP contribution in [0.5, 0.6) is 0 Å². The minimum atomic E-state index is -3.33. The maximum Gasteiger partial charge on any atom is 0.252 e. The zero-order valence-electron chi connectivity index (χ0n) is 15.0. The lowest BCUT2D eigenvalue weighted by Crippen LogP contribution is -2.49. The molecule has 2 aromatic heterocycles. The van der Waals surface area contributed by atoms with E-state index < -0.39 is 10.0 Å². The molecule has 8 nitrogen and oxygen atoms in total. The first-order chi connectivity index (χ1) is 13.1. The van der Waals surface area contributed by atoms with E-state index in [0.717, 1.165) is 5.82 Å². The van der Waals surface area contributed by atoms with Gasteiger partial charge < -0.3 is 10.2 Å². The average molecular weight is 389 g/mol. The molecule has 0 unspecified atom stereocenters. The predicted molar refractivity (Wildman–Crippen MR) is 103 cm³/mol. The lowest BCUT2D eigenvalue weighted by atomic mass is 10.2. The number of amides is 1. The van der Waals surface area contributed by atoms with Crippen LogP contribution in [0.25, 0.3) is 0 Å². The van der Waals surface area contributed by atoms with E-state index in [-0.39, 0.29) is 11.7 Å². The van der Waals surface area contributed by atoms with Crippen molar-refractivity contribution in [3.63, 3.8) is 0 Å². The summed E-state index contributed by atoms with van der Waals surface area (Å²) >= 11 is 0. The summed E-state index contributed by atoms with van der Waals surface area (Å²) in [5, 5.41) is 2.72. The fourth-order valence-corrected chi connectivity index (χ4v) is 4.41. The summed E-state index contributed by atoms with van der Waals surface area (Å²) in [6.07, 6.45) is 5.18. The van der Waals surface area contributed by atoms with Crippen LogP contribution < -0.4 is 10.2 Å². The third-order valence-electron chi connectivity index (χ3n) is 4.39. The smallest absolute Gasteiger partial charge is 0.252 e. The molecule has 0 bridgehead atoms. The molecule has 0 aromatic carbocycles.